The van der Waals surface area contributed by atoms with E-state index in [1.807, 2.05) is 9.80 Å². The monoisotopic (exact) mass is 328 g/mol. The van der Waals surface area contributed by atoms with E-state index in [1.54, 1.807) is 24.3 Å². The molecule has 130 valence electrons. The van der Waals surface area contributed by atoms with Crippen LogP contribution in [0.2, 0.25) is 0 Å². The van der Waals surface area contributed by atoms with Gasteiger partial charge in [0.1, 0.15) is 0 Å². The van der Waals surface area contributed by atoms with Crippen LogP contribution < -0.4 is 0 Å². The van der Waals surface area contributed by atoms with Crippen LogP contribution in [0.4, 0.5) is 0 Å². The summed E-state index contributed by atoms with van der Waals surface area (Å²) in [4.78, 5) is 29.0. The molecule has 2 fully saturated rings. The molecule has 2 amide bonds. The number of hydrogen-bond donors (Lipinski definition) is 0. The van der Waals surface area contributed by atoms with Gasteiger partial charge in [0.2, 0.25) is 0 Å². The Kier molecular flexibility index (Phi) is 5.22. The average molecular weight is 328 g/mol. The minimum atomic E-state index is 0.0905. The van der Waals surface area contributed by atoms with Gasteiger partial charge in [-0.05, 0) is 61.8 Å². The van der Waals surface area contributed by atoms with E-state index in [4.69, 9.17) is 0 Å². The summed E-state index contributed by atoms with van der Waals surface area (Å²) in [6.45, 7) is 7.84. The van der Waals surface area contributed by atoms with Gasteiger partial charge in [0.15, 0.2) is 0 Å². The maximum absolute atomic E-state index is 12.6. The van der Waals surface area contributed by atoms with Gasteiger partial charge in [-0.2, -0.15) is 0 Å². The molecule has 2 heterocycles. The van der Waals surface area contributed by atoms with Crippen LogP contribution in [0.1, 0.15) is 60.2 Å². The number of hydrogen-bond acceptors (Lipinski definition) is 2. The number of benzene rings is 1. The molecule has 24 heavy (non-hydrogen) atoms. The van der Waals surface area contributed by atoms with Crippen molar-refractivity contribution in [1.29, 1.82) is 0 Å². The van der Waals surface area contributed by atoms with E-state index in [-0.39, 0.29) is 11.8 Å². The standard InChI is InChI=1S/C20H28N2O2/c1-15-7-11-21(12-8-15)19(23)17-3-5-18(6-4-17)20(24)22-13-9-16(2)10-14-22/h3-6,15-16H,7-14H2,1-2H3. The van der Waals surface area contributed by atoms with E-state index in [9.17, 15) is 9.59 Å². The molecule has 0 saturated carbocycles. The summed E-state index contributed by atoms with van der Waals surface area (Å²) in [7, 11) is 0. The lowest BCUT2D eigenvalue weighted by atomic mass is 9.98. The first kappa shape index (κ1) is 17.0. The van der Waals surface area contributed by atoms with Gasteiger partial charge in [0.05, 0.1) is 0 Å². The van der Waals surface area contributed by atoms with Crippen molar-refractivity contribution in [3.8, 4) is 0 Å². The van der Waals surface area contributed by atoms with E-state index in [2.05, 4.69) is 13.8 Å². The predicted molar refractivity (Wildman–Crippen MR) is 95.0 cm³/mol. The number of rotatable bonds is 2. The Labute approximate surface area is 144 Å². The minimum absolute atomic E-state index is 0.0905. The second-order valence-corrected chi connectivity index (χ2v) is 7.53. The van der Waals surface area contributed by atoms with E-state index < -0.39 is 0 Å². The molecule has 0 aliphatic carbocycles. The predicted octanol–water partition coefficient (Wildman–Crippen LogP) is 3.43. The Hall–Kier alpha value is -1.84. The first-order valence-corrected chi connectivity index (χ1v) is 9.23. The van der Waals surface area contributed by atoms with Gasteiger partial charge in [0.25, 0.3) is 11.8 Å². The van der Waals surface area contributed by atoms with E-state index in [0.29, 0.717) is 23.0 Å². The third-order valence-electron chi connectivity index (χ3n) is 5.52. The Bertz CT molecular complexity index is 527. The van der Waals surface area contributed by atoms with Crippen molar-refractivity contribution in [2.45, 2.75) is 39.5 Å². The van der Waals surface area contributed by atoms with Gasteiger partial charge in [-0.1, -0.05) is 13.8 Å². The van der Waals surface area contributed by atoms with Crippen LogP contribution in [0.5, 0.6) is 0 Å². The molecule has 2 saturated heterocycles. The van der Waals surface area contributed by atoms with Crippen LogP contribution in [-0.2, 0) is 0 Å². The largest absolute Gasteiger partial charge is 0.339 e. The van der Waals surface area contributed by atoms with E-state index >= 15 is 0 Å². The fourth-order valence-electron chi connectivity index (χ4n) is 3.54. The summed E-state index contributed by atoms with van der Waals surface area (Å²) in [5, 5.41) is 0. The highest BCUT2D eigenvalue weighted by Crippen LogP contribution is 2.20. The Morgan fingerprint density at radius 1 is 0.708 bits per heavy atom. The Morgan fingerprint density at radius 3 is 1.29 bits per heavy atom. The maximum atomic E-state index is 12.6. The maximum Gasteiger partial charge on any atom is 0.253 e. The van der Waals surface area contributed by atoms with E-state index in [0.717, 1.165) is 51.9 Å². The molecule has 0 spiro atoms. The summed E-state index contributed by atoms with van der Waals surface area (Å²) >= 11 is 0. The third-order valence-corrected chi connectivity index (χ3v) is 5.52. The van der Waals surface area contributed by atoms with Gasteiger partial charge < -0.3 is 9.80 Å². The normalized spacial score (nSPS) is 20.2. The number of nitrogens with zero attached hydrogens (tertiary/aromatic N) is 2. The molecule has 0 unspecified atom stereocenters. The third kappa shape index (κ3) is 3.80. The number of carbonyl (C=O) groups is 2. The molecule has 2 aliphatic heterocycles. The van der Waals surface area contributed by atoms with Crippen LogP contribution in [0.25, 0.3) is 0 Å². The molecule has 0 bridgehead atoms. The van der Waals surface area contributed by atoms with Crippen LogP contribution in [0, 0.1) is 11.8 Å². The average Bonchev–Trinajstić information content (AvgIpc) is 2.62. The molecule has 3 rings (SSSR count). The summed E-state index contributed by atoms with van der Waals surface area (Å²) in [5.41, 5.74) is 1.38. The lowest BCUT2D eigenvalue weighted by molar-refractivity contribution is 0.0685. The summed E-state index contributed by atoms with van der Waals surface area (Å²) in [6.07, 6.45) is 4.32. The molecule has 4 heteroatoms. The molecule has 0 radical (unpaired) electrons. The second kappa shape index (κ2) is 7.37. The fourth-order valence-corrected chi connectivity index (χ4v) is 3.54. The zero-order valence-corrected chi connectivity index (χ0v) is 14.8. The number of likely N-dealkylation sites (tertiary alicyclic amines) is 2. The topological polar surface area (TPSA) is 40.6 Å². The zero-order valence-electron chi connectivity index (χ0n) is 14.8. The summed E-state index contributed by atoms with van der Waals surface area (Å²) < 4.78 is 0. The molecule has 1 aromatic carbocycles. The molecular formula is C20H28N2O2. The van der Waals surface area contributed by atoms with Gasteiger partial charge in [-0.3, -0.25) is 9.59 Å². The van der Waals surface area contributed by atoms with Crippen molar-refractivity contribution in [3.05, 3.63) is 35.4 Å². The van der Waals surface area contributed by atoms with Crippen molar-refractivity contribution in [3.63, 3.8) is 0 Å². The lowest BCUT2D eigenvalue weighted by Crippen LogP contribution is -2.38. The lowest BCUT2D eigenvalue weighted by Gasteiger charge is -2.31. The smallest absolute Gasteiger partial charge is 0.253 e. The second-order valence-electron chi connectivity index (χ2n) is 7.53. The highest BCUT2D eigenvalue weighted by Gasteiger charge is 2.23. The quantitative estimate of drug-likeness (QED) is 0.834. The first-order chi connectivity index (χ1) is 11.5. The van der Waals surface area contributed by atoms with Crippen LogP contribution in [0.3, 0.4) is 0 Å². The van der Waals surface area contributed by atoms with Crippen LogP contribution in [-0.4, -0.2) is 47.8 Å². The van der Waals surface area contributed by atoms with Gasteiger partial charge in [0, 0.05) is 37.3 Å². The molecule has 0 atom stereocenters. The van der Waals surface area contributed by atoms with E-state index in [1.165, 1.54) is 0 Å². The molecule has 4 nitrogen and oxygen atoms in total. The molecule has 0 aromatic heterocycles. The number of piperidine rings is 2. The van der Waals surface area contributed by atoms with Crippen molar-refractivity contribution in [2.24, 2.45) is 11.8 Å². The highest BCUT2D eigenvalue weighted by molar-refractivity contribution is 5.97. The fraction of sp³-hybridized carbons (Fsp3) is 0.600. The molecule has 2 aliphatic rings. The number of carbonyl (C=O) groups excluding carboxylic acids is 2. The van der Waals surface area contributed by atoms with Gasteiger partial charge >= 0.3 is 0 Å². The van der Waals surface area contributed by atoms with Crippen molar-refractivity contribution in [2.75, 3.05) is 26.2 Å². The summed E-state index contributed by atoms with van der Waals surface area (Å²) in [5.74, 6) is 1.60. The van der Waals surface area contributed by atoms with Crippen molar-refractivity contribution in [1.82, 2.24) is 9.80 Å². The van der Waals surface area contributed by atoms with Crippen LogP contribution >= 0.6 is 0 Å². The van der Waals surface area contributed by atoms with Crippen LogP contribution in [0.15, 0.2) is 24.3 Å². The summed E-state index contributed by atoms with van der Waals surface area (Å²) in [6, 6.07) is 7.22. The SMILES string of the molecule is CC1CCN(C(=O)c2ccc(C(=O)N3CCC(C)CC3)cc2)CC1. The van der Waals surface area contributed by atoms with Gasteiger partial charge in [-0.15, -0.1) is 0 Å². The van der Waals surface area contributed by atoms with Gasteiger partial charge in [-0.25, -0.2) is 0 Å². The first-order valence-electron chi connectivity index (χ1n) is 9.23. The Balaban J connectivity index is 1.62. The molecular weight excluding hydrogens is 300 g/mol. The minimum Gasteiger partial charge on any atom is -0.339 e. The molecule has 0 N–H and O–H groups in total. The van der Waals surface area contributed by atoms with Crippen molar-refractivity contribution >= 4 is 11.8 Å². The zero-order chi connectivity index (χ0) is 17.1. The van der Waals surface area contributed by atoms with Crippen molar-refractivity contribution < 1.29 is 9.59 Å². The highest BCUT2D eigenvalue weighted by atomic mass is 16.2. The number of amides is 2. The Morgan fingerprint density at radius 2 is 1.00 bits per heavy atom. The molecule has 1 aromatic rings.